The van der Waals surface area contributed by atoms with Crippen molar-refractivity contribution in [2.75, 3.05) is 26.2 Å². The average molecular weight is 663 g/mol. The number of amides is 4. The molecule has 2 fully saturated rings. The third kappa shape index (κ3) is 10.3. The molecule has 260 valence electrons. The van der Waals surface area contributed by atoms with Gasteiger partial charge in [0.1, 0.15) is 36.4 Å². The van der Waals surface area contributed by atoms with Gasteiger partial charge in [-0.15, -0.1) is 0 Å². The molecule has 2 aliphatic heterocycles. The van der Waals surface area contributed by atoms with E-state index >= 15 is 0 Å². The van der Waals surface area contributed by atoms with Crippen LogP contribution in [0.3, 0.4) is 0 Å². The number of benzene rings is 2. The van der Waals surface area contributed by atoms with Crippen LogP contribution in [0.1, 0.15) is 78.4 Å². The number of hydrogen-bond donors (Lipinski definition) is 0. The summed E-state index contributed by atoms with van der Waals surface area (Å²) in [5.74, 6) is -1.67. The van der Waals surface area contributed by atoms with Crippen LogP contribution < -0.4 is 0 Å². The first-order chi connectivity index (χ1) is 22.6. The van der Waals surface area contributed by atoms with E-state index in [1.54, 1.807) is 41.5 Å². The zero-order valence-electron chi connectivity index (χ0n) is 29.1. The maximum Gasteiger partial charge on any atom is 0.329 e. The molecule has 48 heavy (non-hydrogen) atoms. The summed E-state index contributed by atoms with van der Waals surface area (Å²) < 4.78 is 11.2. The Morgan fingerprint density at radius 3 is 1.31 bits per heavy atom. The van der Waals surface area contributed by atoms with Gasteiger partial charge >= 0.3 is 18.0 Å². The summed E-state index contributed by atoms with van der Waals surface area (Å²) in [6, 6.07) is 16.7. The molecule has 4 rings (SSSR count). The predicted octanol–water partition coefficient (Wildman–Crippen LogP) is 4.78. The Bertz CT molecular complexity index is 1330. The van der Waals surface area contributed by atoms with Crippen LogP contribution in [0.25, 0.3) is 0 Å². The van der Waals surface area contributed by atoms with Gasteiger partial charge in [0.15, 0.2) is 0 Å². The van der Waals surface area contributed by atoms with Crippen molar-refractivity contribution in [1.82, 2.24) is 19.6 Å². The fourth-order valence-corrected chi connectivity index (χ4v) is 6.06. The smallest absolute Gasteiger partial charge is 0.329 e. The second kappa shape index (κ2) is 15.7. The van der Waals surface area contributed by atoms with Crippen LogP contribution in [0.15, 0.2) is 60.7 Å². The fourth-order valence-electron chi connectivity index (χ4n) is 6.06. The largest absolute Gasteiger partial charge is 0.458 e. The third-order valence-electron chi connectivity index (χ3n) is 8.13. The van der Waals surface area contributed by atoms with Crippen LogP contribution in [0, 0.1) is 0 Å². The maximum atomic E-state index is 14.5. The number of likely N-dealkylation sites (tertiary alicyclic amines) is 2. The molecule has 2 atom stereocenters. The highest BCUT2D eigenvalue weighted by Gasteiger charge is 2.40. The van der Waals surface area contributed by atoms with E-state index < -0.39 is 41.3 Å². The quantitative estimate of drug-likeness (QED) is 0.337. The van der Waals surface area contributed by atoms with Crippen molar-refractivity contribution in [3.8, 4) is 0 Å². The molecule has 2 aliphatic rings. The molecule has 2 heterocycles. The lowest BCUT2D eigenvalue weighted by atomic mass is 10.1. The SMILES string of the molecule is CC(C)(C)OC(=O)C1CCCN1C(=O)CN(Cc1ccccc1)C(=O)N(CC(=O)N1CCCC1C(=O)OC(C)(C)C)Cc1ccccc1. The Balaban J connectivity index is 1.59. The fraction of sp³-hybridized carbons (Fsp3) is 0.541. The van der Waals surface area contributed by atoms with E-state index in [9.17, 15) is 24.0 Å². The van der Waals surface area contributed by atoms with Gasteiger partial charge in [0.2, 0.25) is 11.8 Å². The molecule has 0 aromatic heterocycles. The Kier molecular flexibility index (Phi) is 11.9. The second-order valence-corrected chi connectivity index (χ2v) is 14.5. The van der Waals surface area contributed by atoms with Gasteiger partial charge in [-0.3, -0.25) is 9.59 Å². The highest BCUT2D eigenvalue weighted by atomic mass is 16.6. The van der Waals surface area contributed by atoms with Crippen molar-refractivity contribution in [1.29, 1.82) is 0 Å². The first-order valence-corrected chi connectivity index (χ1v) is 16.8. The van der Waals surface area contributed by atoms with Crippen molar-refractivity contribution >= 4 is 29.8 Å². The molecule has 4 amide bonds. The van der Waals surface area contributed by atoms with Gasteiger partial charge in [0.25, 0.3) is 0 Å². The van der Waals surface area contributed by atoms with Gasteiger partial charge in [0, 0.05) is 26.2 Å². The van der Waals surface area contributed by atoms with Crippen LogP contribution in [-0.4, -0.2) is 98.8 Å². The lowest BCUT2D eigenvalue weighted by Crippen LogP contribution is -2.53. The van der Waals surface area contributed by atoms with E-state index in [0.717, 1.165) is 11.1 Å². The molecule has 2 unspecified atom stereocenters. The Labute approximate surface area is 284 Å². The summed E-state index contributed by atoms with van der Waals surface area (Å²) in [4.78, 5) is 74.1. The predicted molar refractivity (Wildman–Crippen MR) is 180 cm³/mol. The molecule has 2 saturated heterocycles. The minimum absolute atomic E-state index is 0.111. The standard InChI is InChI=1S/C37H50N4O7/c1-36(2,3)47-33(44)29-19-13-21-40(29)31(42)25-38(23-27-15-9-7-10-16-27)35(46)39(24-28-17-11-8-12-18-28)26-32(43)41-22-14-20-30(41)34(45)48-37(4,5)6/h7-12,15-18,29-30H,13-14,19-26H2,1-6H3. The van der Waals surface area contributed by atoms with Gasteiger partial charge in [0.05, 0.1) is 0 Å². The van der Waals surface area contributed by atoms with Gasteiger partial charge in [-0.2, -0.15) is 0 Å². The first-order valence-electron chi connectivity index (χ1n) is 16.8. The number of esters is 2. The minimum Gasteiger partial charge on any atom is -0.458 e. The molecule has 0 N–H and O–H groups in total. The second-order valence-electron chi connectivity index (χ2n) is 14.5. The summed E-state index contributed by atoms with van der Waals surface area (Å²) in [5, 5.41) is 0. The van der Waals surface area contributed by atoms with E-state index in [0.29, 0.717) is 38.8 Å². The number of urea groups is 1. The highest BCUT2D eigenvalue weighted by Crippen LogP contribution is 2.24. The molecule has 11 heteroatoms. The zero-order valence-corrected chi connectivity index (χ0v) is 29.1. The number of rotatable bonds is 10. The minimum atomic E-state index is -0.729. The lowest BCUT2D eigenvalue weighted by molar-refractivity contribution is -0.163. The summed E-state index contributed by atoms with van der Waals surface area (Å²) in [5.41, 5.74) is 0.205. The Hall–Kier alpha value is -4.41. The van der Waals surface area contributed by atoms with Gasteiger partial charge < -0.3 is 29.1 Å². The van der Waals surface area contributed by atoms with Crippen LogP contribution in [0.4, 0.5) is 4.79 Å². The molecule has 2 aromatic carbocycles. The molecule has 0 saturated carbocycles. The monoisotopic (exact) mass is 662 g/mol. The van der Waals surface area contributed by atoms with Crippen molar-refractivity contribution < 1.29 is 33.4 Å². The van der Waals surface area contributed by atoms with Crippen LogP contribution >= 0.6 is 0 Å². The van der Waals surface area contributed by atoms with Crippen LogP contribution in [-0.2, 0) is 41.7 Å². The summed E-state index contributed by atoms with van der Waals surface area (Å²) >= 11 is 0. The van der Waals surface area contributed by atoms with E-state index in [4.69, 9.17) is 9.47 Å². The average Bonchev–Trinajstić information content (AvgIpc) is 3.70. The lowest BCUT2D eigenvalue weighted by Gasteiger charge is -2.34. The van der Waals surface area contributed by atoms with Gasteiger partial charge in [-0.1, -0.05) is 60.7 Å². The van der Waals surface area contributed by atoms with E-state index in [1.165, 1.54) is 19.6 Å². The number of hydrogen-bond acceptors (Lipinski definition) is 7. The number of ether oxygens (including phenoxy) is 2. The van der Waals surface area contributed by atoms with Gasteiger partial charge in [-0.25, -0.2) is 14.4 Å². The highest BCUT2D eigenvalue weighted by molar-refractivity contribution is 5.91. The summed E-state index contributed by atoms with van der Waals surface area (Å²) in [7, 11) is 0. The molecule has 0 radical (unpaired) electrons. The Morgan fingerprint density at radius 2 is 0.979 bits per heavy atom. The van der Waals surface area contributed by atoms with Gasteiger partial charge in [-0.05, 0) is 78.4 Å². The van der Waals surface area contributed by atoms with E-state index in [1.807, 2.05) is 60.7 Å². The molecule has 0 aliphatic carbocycles. The van der Waals surface area contributed by atoms with Crippen LogP contribution in [0.2, 0.25) is 0 Å². The topological polar surface area (TPSA) is 117 Å². The van der Waals surface area contributed by atoms with Crippen LogP contribution in [0.5, 0.6) is 0 Å². The third-order valence-corrected chi connectivity index (χ3v) is 8.13. The van der Waals surface area contributed by atoms with E-state index in [2.05, 4.69) is 0 Å². The van der Waals surface area contributed by atoms with Crippen molar-refractivity contribution in [2.45, 2.75) is 104 Å². The molecule has 11 nitrogen and oxygen atoms in total. The first kappa shape index (κ1) is 36.4. The molecule has 0 spiro atoms. The molecule has 0 bridgehead atoms. The molecular weight excluding hydrogens is 612 g/mol. The summed E-state index contributed by atoms with van der Waals surface area (Å²) in [6.07, 6.45) is 2.25. The van der Waals surface area contributed by atoms with E-state index in [-0.39, 0.29) is 38.0 Å². The number of carbonyl (C=O) groups excluding carboxylic acids is 5. The Morgan fingerprint density at radius 1 is 0.625 bits per heavy atom. The summed E-state index contributed by atoms with van der Waals surface area (Å²) in [6.45, 7) is 11.1. The van der Waals surface area contributed by atoms with Crippen molar-refractivity contribution in [3.63, 3.8) is 0 Å². The van der Waals surface area contributed by atoms with Crippen molar-refractivity contribution in [3.05, 3.63) is 71.8 Å². The number of carbonyl (C=O) groups is 5. The molecule has 2 aromatic rings. The normalized spacial score (nSPS) is 18.0. The zero-order chi connectivity index (χ0) is 35.1. The van der Waals surface area contributed by atoms with Crippen molar-refractivity contribution in [2.24, 2.45) is 0 Å². The molecular formula is C37H50N4O7. The number of nitrogens with zero attached hydrogens (tertiary/aromatic N) is 4. The maximum absolute atomic E-state index is 14.5.